The van der Waals surface area contributed by atoms with E-state index in [9.17, 15) is 4.39 Å². The zero-order chi connectivity index (χ0) is 9.14. The highest BCUT2D eigenvalue weighted by Gasteiger charge is 2.09. The Balaban J connectivity index is 3.36. The maximum Gasteiger partial charge on any atom is 0.146 e. The van der Waals surface area contributed by atoms with Crippen LogP contribution in [0.2, 0.25) is 5.02 Å². The van der Waals surface area contributed by atoms with E-state index in [1.165, 1.54) is 12.1 Å². The Morgan fingerprint density at radius 3 is 2.75 bits per heavy atom. The molecule has 2 nitrogen and oxygen atoms in total. The fraction of sp³-hybridized carbons (Fsp3) is 0.125. The van der Waals surface area contributed by atoms with Crippen molar-refractivity contribution in [2.45, 2.75) is 6.54 Å². The van der Waals surface area contributed by atoms with Gasteiger partial charge in [-0.1, -0.05) is 11.6 Å². The van der Waals surface area contributed by atoms with Crippen LogP contribution >= 0.6 is 11.6 Å². The van der Waals surface area contributed by atoms with E-state index in [1.807, 2.05) is 0 Å². The first kappa shape index (κ1) is 8.98. The van der Waals surface area contributed by atoms with Crippen molar-refractivity contribution in [1.82, 2.24) is 0 Å². The van der Waals surface area contributed by atoms with Crippen molar-refractivity contribution < 1.29 is 4.39 Å². The van der Waals surface area contributed by atoms with E-state index >= 15 is 0 Å². The molecule has 1 rings (SSSR count). The summed E-state index contributed by atoms with van der Waals surface area (Å²) >= 11 is 5.63. The topological polar surface area (TPSA) is 49.8 Å². The standard InChI is InChI=1S/C8H6ClFN2/c9-7-2-1-5(3-11)8(10)6(7)4-12/h1-2H,4,12H2. The van der Waals surface area contributed by atoms with Gasteiger partial charge < -0.3 is 5.73 Å². The lowest BCUT2D eigenvalue weighted by Gasteiger charge is -2.02. The number of halogens is 2. The number of rotatable bonds is 1. The second kappa shape index (κ2) is 3.53. The van der Waals surface area contributed by atoms with E-state index in [4.69, 9.17) is 22.6 Å². The Kier molecular flexibility index (Phi) is 2.64. The van der Waals surface area contributed by atoms with Crippen molar-refractivity contribution in [2.75, 3.05) is 0 Å². The Morgan fingerprint density at radius 1 is 1.58 bits per heavy atom. The number of nitrogens with zero attached hydrogens (tertiary/aromatic N) is 1. The van der Waals surface area contributed by atoms with Gasteiger partial charge in [0.05, 0.1) is 5.56 Å². The van der Waals surface area contributed by atoms with Crippen LogP contribution in [-0.4, -0.2) is 0 Å². The highest BCUT2D eigenvalue weighted by molar-refractivity contribution is 6.31. The largest absolute Gasteiger partial charge is 0.326 e. The molecular weight excluding hydrogens is 179 g/mol. The monoisotopic (exact) mass is 184 g/mol. The first-order chi connectivity index (χ1) is 5.70. The van der Waals surface area contributed by atoms with Gasteiger partial charge in [-0.25, -0.2) is 4.39 Å². The maximum absolute atomic E-state index is 13.1. The summed E-state index contributed by atoms with van der Waals surface area (Å²) < 4.78 is 13.1. The molecular formula is C8H6ClFN2. The predicted octanol–water partition coefficient (Wildman–Crippen LogP) is 1.81. The second-order valence-electron chi connectivity index (χ2n) is 2.20. The van der Waals surface area contributed by atoms with E-state index < -0.39 is 5.82 Å². The molecule has 2 N–H and O–H groups in total. The normalized spacial score (nSPS) is 9.50. The molecule has 0 heterocycles. The molecule has 12 heavy (non-hydrogen) atoms. The summed E-state index contributed by atoms with van der Waals surface area (Å²) in [5.74, 6) is -0.618. The third kappa shape index (κ3) is 1.40. The van der Waals surface area contributed by atoms with Crippen LogP contribution < -0.4 is 5.73 Å². The molecule has 1 aromatic carbocycles. The van der Waals surface area contributed by atoms with Gasteiger partial charge in [0.25, 0.3) is 0 Å². The van der Waals surface area contributed by atoms with Crippen molar-refractivity contribution in [3.8, 4) is 6.07 Å². The van der Waals surface area contributed by atoms with Crippen molar-refractivity contribution in [2.24, 2.45) is 5.73 Å². The highest BCUT2D eigenvalue weighted by Crippen LogP contribution is 2.21. The molecule has 0 unspecified atom stereocenters. The lowest BCUT2D eigenvalue weighted by atomic mass is 10.1. The van der Waals surface area contributed by atoms with Crippen molar-refractivity contribution in [1.29, 1.82) is 5.26 Å². The molecule has 1 aromatic rings. The maximum atomic E-state index is 13.1. The smallest absolute Gasteiger partial charge is 0.146 e. The van der Waals surface area contributed by atoms with Gasteiger partial charge in [-0.05, 0) is 12.1 Å². The van der Waals surface area contributed by atoms with Crippen LogP contribution in [-0.2, 0) is 6.54 Å². The Morgan fingerprint density at radius 2 is 2.25 bits per heavy atom. The molecule has 0 aromatic heterocycles. The summed E-state index contributed by atoms with van der Waals surface area (Å²) in [4.78, 5) is 0. The predicted molar refractivity (Wildman–Crippen MR) is 44.0 cm³/mol. The fourth-order valence-corrected chi connectivity index (χ4v) is 1.09. The van der Waals surface area contributed by atoms with Crippen LogP contribution in [0.3, 0.4) is 0 Å². The van der Waals surface area contributed by atoms with E-state index in [0.29, 0.717) is 0 Å². The van der Waals surface area contributed by atoms with E-state index in [1.54, 1.807) is 6.07 Å². The van der Waals surface area contributed by atoms with E-state index in [-0.39, 0.29) is 22.7 Å². The third-order valence-corrected chi connectivity index (χ3v) is 1.86. The van der Waals surface area contributed by atoms with Gasteiger partial charge in [0.15, 0.2) is 0 Å². The first-order valence-electron chi connectivity index (χ1n) is 3.27. The Bertz CT molecular complexity index is 344. The molecule has 0 fully saturated rings. The van der Waals surface area contributed by atoms with Gasteiger partial charge in [0, 0.05) is 17.1 Å². The van der Waals surface area contributed by atoms with Crippen LogP contribution in [0.15, 0.2) is 12.1 Å². The van der Waals surface area contributed by atoms with Crippen molar-refractivity contribution in [3.05, 3.63) is 34.1 Å². The molecule has 0 amide bonds. The summed E-state index contributed by atoms with van der Waals surface area (Å²) in [5, 5.41) is 8.71. The average Bonchev–Trinajstić information content (AvgIpc) is 2.06. The van der Waals surface area contributed by atoms with Gasteiger partial charge in [-0.2, -0.15) is 5.26 Å². The van der Waals surface area contributed by atoms with E-state index in [0.717, 1.165) is 0 Å². The summed E-state index contributed by atoms with van der Waals surface area (Å²) in [6.45, 7) is 0.000185. The molecule has 0 aliphatic carbocycles. The number of nitrogens with two attached hydrogens (primary N) is 1. The fourth-order valence-electron chi connectivity index (χ4n) is 0.871. The van der Waals surface area contributed by atoms with Crippen LogP contribution in [0.4, 0.5) is 4.39 Å². The van der Waals surface area contributed by atoms with Crippen LogP contribution in [0.5, 0.6) is 0 Å². The molecule has 0 saturated heterocycles. The minimum absolute atomic E-state index is 0.000185. The lowest BCUT2D eigenvalue weighted by Crippen LogP contribution is -2.02. The number of nitriles is 1. The van der Waals surface area contributed by atoms with Crippen LogP contribution in [0.1, 0.15) is 11.1 Å². The number of benzene rings is 1. The molecule has 0 aliphatic heterocycles. The van der Waals surface area contributed by atoms with Gasteiger partial charge >= 0.3 is 0 Å². The molecule has 0 bridgehead atoms. The van der Waals surface area contributed by atoms with Crippen molar-refractivity contribution >= 4 is 11.6 Å². The molecule has 0 saturated carbocycles. The Hall–Kier alpha value is -1.11. The minimum Gasteiger partial charge on any atom is -0.326 e. The SMILES string of the molecule is N#Cc1ccc(Cl)c(CN)c1F. The molecule has 0 radical (unpaired) electrons. The van der Waals surface area contributed by atoms with Gasteiger partial charge in [-0.3, -0.25) is 0 Å². The van der Waals surface area contributed by atoms with E-state index in [2.05, 4.69) is 0 Å². The van der Waals surface area contributed by atoms with Gasteiger partial charge in [-0.15, -0.1) is 0 Å². The molecule has 62 valence electrons. The van der Waals surface area contributed by atoms with Gasteiger partial charge in [0.2, 0.25) is 0 Å². The highest BCUT2D eigenvalue weighted by atomic mass is 35.5. The molecule has 0 atom stereocenters. The second-order valence-corrected chi connectivity index (χ2v) is 2.61. The number of hydrogen-bond donors (Lipinski definition) is 1. The molecule has 4 heteroatoms. The van der Waals surface area contributed by atoms with Crippen LogP contribution in [0.25, 0.3) is 0 Å². The summed E-state index contributed by atoms with van der Waals surface area (Å²) in [6.07, 6.45) is 0. The Labute approximate surface area is 74.4 Å². The molecule has 0 spiro atoms. The lowest BCUT2D eigenvalue weighted by molar-refractivity contribution is 0.607. The summed E-state index contributed by atoms with van der Waals surface area (Å²) in [5.41, 5.74) is 5.40. The quantitative estimate of drug-likeness (QED) is 0.724. The van der Waals surface area contributed by atoms with Crippen molar-refractivity contribution in [3.63, 3.8) is 0 Å². The summed E-state index contributed by atoms with van der Waals surface area (Å²) in [7, 11) is 0. The summed E-state index contributed by atoms with van der Waals surface area (Å²) in [6, 6.07) is 4.50. The van der Waals surface area contributed by atoms with Crippen LogP contribution in [0, 0.1) is 17.1 Å². The zero-order valence-corrected chi connectivity index (χ0v) is 6.90. The zero-order valence-electron chi connectivity index (χ0n) is 6.14. The minimum atomic E-state index is -0.618. The number of hydrogen-bond acceptors (Lipinski definition) is 2. The third-order valence-electron chi connectivity index (χ3n) is 1.51. The first-order valence-corrected chi connectivity index (χ1v) is 3.65. The molecule has 0 aliphatic rings. The average molecular weight is 185 g/mol. The van der Waals surface area contributed by atoms with Gasteiger partial charge in [0.1, 0.15) is 11.9 Å².